The Labute approximate surface area is 126 Å². The number of thioether (sulfide) groups is 1. The van der Waals surface area contributed by atoms with Gasteiger partial charge in [-0.05, 0) is 25.0 Å². The van der Waals surface area contributed by atoms with Crippen molar-refractivity contribution in [3.8, 4) is 0 Å². The summed E-state index contributed by atoms with van der Waals surface area (Å²) in [7, 11) is 0. The van der Waals surface area contributed by atoms with E-state index in [1.807, 2.05) is 10.6 Å². The zero-order chi connectivity index (χ0) is 14.8. The smallest absolute Gasteiger partial charge is 0.313 e. The van der Waals surface area contributed by atoms with E-state index in [0.717, 1.165) is 31.2 Å². The Bertz CT molecular complexity index is 665. The van der Waals surface area contributed by atoms with E-state index in [2.05, 4.69) is 4.98 Å². The van der Waals surface area contributed by atoms with Gasteiger partial charge in [-0.25, -0.2) is 9.37 Å². The molecule has 0 spiro atoms. The van der Waals surface area contributed by atoms with E-state index < -0.39 is 5.97 Å². The summed E-state index contributed by atoms with van der Waals surface area (Å²) in [4.78, 5) is 15.2. The highest BCUT2D eigenvalue weighted by molar-refractivity contribution is 7.99. The molecule has 1 aromatic carbocycles. The molecule has 1 aliphatic rings. The highest BCUT2D eigenvalue weighted by Gasteiger charge is 2.23. The Morgan fingerprint density at radius 1 is 1.38 bits per heavy atom. The summed E-state index contributed by atoms with van der Waals surface area (Å²) in [5, 5.41) is 9.49. The second kappa shape index (κ2) is 6.05. The molecule has 0 atom stereocenters. The number of para-hydroxylation sites is 1. The molecular weight excluding hydrogens is 291 g/mol. The van der Waals surface area contributed by atoms with Crippen LogP contribution in [0, 0.1) is 5.82 Å². The SMILES string of the molecule is O=C(O)CSc1nc2c(F)cccc2n1C1CCCCC1. The topological polar surface area (TPSA) is 55.1 Å². The standard InChI is InChI=1S/C15H17FN2O2S/c16-11-7-4-8-12-14(11)17-15(21-9-13(19)20)18(12)10-5-2-1-3-6-10/h4,7-8,10H,1-3,5-6,9H2,(H,19,20). The summed E-state index contributed by atoms with van der Waals surface area (Å²) in [6.45, 7) is 0. The third-order valence-corrected chi connectivity index (χ3v) is 4.84. The summed E-state index contributed by atoms with van der Waals surface area (Å²) in [5.74, 6) is -1.29. The highest BCUT2D eigenvalue weighted by Crippen LogP contribution is 2.36. The minimum atomic E-state index is -0.886. The molecule has 0 amide bonds. The zero-order valence-electron chi connectivity index (χ0n) is 11.6. The van der Waals surface area contributed by atoms with Crippen molar-refractivity contribution < 1.29 is 14.3 Å². The Balaban J connectivity index is 2.06. The number of fused-ring (bicyclic) bond motifs is 1. The molecule has 0 radical (unpaired) electrons. The number of carboxylic acids is 1. The predicted octanol–water partition coefficient (Wildman–Crippen LogP) is 3.86. The van der Waals surface area contributed by atoms with Crippen LogP contribution in [0.1, 0.15) is 38.1 Å². The van der Waals surface area contributed by atoms with Gasteiger partial charge in [0.05, 0.1) is 11.3 Å². The number of carbonyl (C=O) groups is 1. The summed E-state index contributed by atoms with van der Waals surface area (Å²) in [6.07, 6.45) is 5.63. The van der Waals surface area contributed by atoms with Crippen molar-refractivity contribution in [2.45, 2.75) is 43.3 Å². The van der Waals surface area contributed by atoms with Gasteiger partial charge in [0.15, 0.2) is 11.0 Å². The van der Waals surface area contributed by atoms with Gasteiger partial charge >= 0.3 is 5.97 Å². The van der Waals surface area contributed by atoms with Gasteiger partial charge in [-0.3, -0.25) is 4.79 Å². The van der Waals surface area contributed by atoms with Crippen molar-refractivity contribution >= 4 is 28.8 Å². The second-order valence-corrected chi connectivity index (χ2v) is 6.29. The van der Waals surface area contributed by atoms with Crippen molar-refractivity contribution in [1.29, 1.82) is 0 Å². The molecule has 3 rings (SSSR count). The van der Waals surface area contributed by atoms with Crippen molar-refractivity contribution in [3.63, 3.8) is 0 Å². The molecule has 1 heterocycles. The molecule has 1 aliphatic carbocycles. The van der Waals surface area contributed by atoms with Crippen molar-refractivity contribution in [2.75, 3.05) is 5.75 Å². The van der Waals surface area contributed by atoms with Crippen LogP contribution in [0.3, 0.4) is 0 Å². The molecule has 1 saturated carbocycles. The highest BCUT2D eigenvalue weighted by atomic mass is 32.2. The molecule has 1 N–H and O–H groups in total. The number of hydrogen-bond donors (Lipinski definition) is 1. The minimum absolute atomic E-state index is 0.0579. The van der Waals surface area contributed by atoms with Crippen molar-refractivity contribution in [1.82, 2.24) is 9.55 Å². The Kier molecular flexibility index (Phi) is 4.14. The van der Waals surface area contributed by atoms with E-state index in [9.17, 15) is 9.18 Å². The van der Waals surface area contributed by atoms with E-state index >= 15 is 0 Å². The van der Waals surface area contributed by atoms with Crippen LogP contribution >= 0.6 is 11.8 Å². The third kappa shape index (κ3) is 2.90. The average molecular weight is 308 g/mol. The number of halogens is 1. The fourth-order valence-corrected chi connectivity index (χ4v) is 3.78. The first-order valence-electron chi connectivity index (χ1n) is 7.18. The normalized spacial score (nSPS) is 16.4. The molecule has 112 valence electrons. The maximum atomic E-state index is 13.9. The van der Waals surface area contributed by atoms with Gasteiger partial charge in [0.1, 0.15) is 5.52 Å². The van der Waals surface area contributed by atoms with Crippen molar-refractivity contribution in [2.24, 2.45) is 0 Å². The van der Waals surface area contributed by atoms with Gasteiger partial charge in [0, 0.05) is 6.04 Å². The molecule has 0 aliphatic heterocycles. The fourth-order valence-electron chi connectivity index (χ4n) is 2.98. The summed E-state index contributed by atoms with van der Waals surface area (Å²) < 4.78 is 16.0. The van der Waals surface area contributed by atoms with E-state index in [1.54, 1.807) is 6.07 Å². The second-order valence-electron chi connectivity index (χ2n) is 5.35. The molecule has 21 heavy (non-hydrogen) atoms. The summed E-state index contributed by atoms with van der Waals surface area (Å²) in [6, 6.07) is 5.24. The van der Waals surface area contributed by atoms with E-state index in [0.29, 0.717) is 16.7 Å². The molecule has 2 aromatic rings. The lowest BCUT2D eigenvalue weighted by Gasteiger charge is -2.25. The van der Waals surface area contributed by atoms with Crippen LogP contribution < -0.4 is 0 Å². The van der Waals surface area contributed by atoms with E-state index in [4.69, 9.17) is 5.11 Å². The molecule has 0 unspecified atom stereocenters. The van der Waals surface area contributed by atoms with Gasteiger partial charge in [-0.15, -0.1) is 0 Å². The zero-order valence-corrected chi connectivity index (χ0v) is 12.4. The minimum Gasteiger partial charge on any atom is -0.481 e. The van der Waals surface area contributed by atoms with Gasteiger partial charge in [-0.1, -0.05) is 37.1 Å². The molecule has 4 nitrogen and oxygen atoms in total. The van der Waals surface area contributed by atoms with Crippen LogP contribution in [0.5, 0.6) is 0 Å². The number of nitrogens with zero attached hydrogens (tertiary/aromatic N) is 2. The lowest BCUT2D eigenvalue weighted by Crippen LogP contribution is -2.14. The monoisotopic (exact) mass is 308 g/mol. The molecule has 1 fully saturated rings. The van der Waals surface area contributed by atoms with Crippen LogP contribution in [0.25, 0.3) is 11.0 Å². The maximum Gasteiger partial charge on any atom is 0.313 e. The Hall–Kier alpha value is -1.56. The predicted molar refractivity (Wildman–Crippen MR) is 80.2 cm³/mol. The number of aliphatic carboxylic acids is 1. The molecule has 6 heteroatoms. The molecule has 0 bridgehead atoms. The van der Waals surface area contributed by atoms with Crippen molar-refractivity contribution in [3.05, 3.63) is 24.0 Å². The van der Waals surface area contributed by atoms with Crippen LogP contribution in [0.15, 0.2) is 23.4 Å². The largest absolute Gasteiger partial charge is 0.481 e. The summed E-state index contributed by atoms with van der Waals surface area (Å²) >= 11 is 1.17. The van der Waals surface area contributed by atoms with Gasteiger partial charge in [0.25, 0.3) is 0 Å². The lowest BCUT2D eigenvalue weighted by molar-refractivity contribution is -0.133. The number of benzene rings is 1. The number of rotatable bonds is 4. The van der Waals surface area contributed by atoms with E-state index in [1.165, 1.54) is 24.2 Å². The first-order chi connectivity index (χ1) is 10.2. The van der Waals surface area contributed by atoms with E-state index in [-0.39, 0.29) is 11.6 Å². The molecule has 1 aromatic heterocycles. The number of aromatic nitrogens is 2. The first kappa shape index (κ1) is 14.4. The summed E-state index contributed by atoms with van der Waals surface area (Å²) in [5.41, 5.74) is 1.12. The van der Waals surface area contributed by atoms with Crippen LogP contribution in [-0.2, 0) is 4.79 Å². The van der Waals surface area contributed by atoms with Crippen LogP contribution in [0.4, 0.5) is 4.39 Å². The molecule has 0 saturated heterocycles. The first-order valence-corrected chi connectivity index (χ1v) is 8.16. The third-order valence-electron chi connectivity index (χ3n) is 3.90. The van der Waals surface area contributed by atoms with Gasteiger partial charge < -0.3 is 9.67 Å². The van der Waals surface area contributed by atoms with Crippen LogP contribution in [0.2, 0.25) is 0 Å². The quantitative estimate of drug-likeness (QED) is 0.871. The fraction of sp³-hybridized carbons (Fsp3) is 0.467. The lowest BCUT2D eigenvalue weighted by atomic mass is 9.95. The average Bonchev–Trinajstić information content (AvgIpc) is 2.86. The Morgan fingerprint density at radius 3 is 2.86 bits per heavy atom. The number of hydrogen-bond acceptors (Lipinski definition) is 3. The Morgan fingerprint density at radius 2 is 2.14 bits per heavy atom. The molecular formula is C15H17FN2O2S. The maximum absolute atomic E-state index is 13.9. The van der Waals surface area contributed by atoms with Crippen LogP contribution in [-0.4, -0.2) is 26.4 Å². The number of carboxylic acid groups (broad SMARTS) is 1. The van der Waals surface area contributed by atoms with Gasteiger partial charge in [-0.2, -0.15) is 0 Å². The number of imidazole rings is 1. The van der Waals surface area contributed by atoms with Gasteiger partial charge in [0.2, 0.25) is 0 Å².